The standard InChI is InChI=1S/C14H18FNO3S3/c1-21-14(17)8-18-11-3-9(15)4-12(7-11)19-13-5-10(6-13)16-22(2)20/h3-4,7,10,13,16H,5-6,8H2,1-2H3. The first kappa shape index (κ1) is 17.7. The van der Waals surface area contributed by atoms with Gasteiger partial charge >= 0.3 is 0 Å². The van der Waals surface area contributed by atoms with Gasteiger partial charge in [-0.15, -0.1) is 0 Å². The molecule has 1 atom stereocenters. The van der Waals surface area contributed by atoms with Crippen molar-refractivity contribution >= 4 is 37.7 Å². The Bertz CT molecular complexity index is 564. The van der Waals surface area contributed by atoms with Crippen LogP contribution in [0.4, 0.5) is 4.39 Å². The minimum Gasteiger partial charge on any atom is -0.490 e. The van der Waals surface area contributed by atoms with Crippen molar-refractivity contribution in [2.75, 3.05) is 19.1 Å². The van der Waals surface area contributed by atoms with Crippen LogP contribution in [-0.4, -0.2) is 36.4 Å². The molecule has 0 aliphatic heterocycles. The summed E-state index contributed by atoms with van der Waals surface area (Å²) >= 11 is 6.18. The number of ether oxygens (including phenoxy) is 2. The fraction of sp³-hybridized carbons (Fsp3) is 0.500. The molecule has 1 saturated carbocycles. The van der Waals surface area contributed by atoms with Crippen molar-refractivity contribution in [1.82, 2.24) is 4.72 Å². The zero-order valence-corrected chi connectivity index (χ0v) is 14.8. The average molecular weight is 364 g/mol. The molecule has 1 aliphatic carbocycles. The zero-order chi connectivity index (χ0) is 16.1. The van der Waals surface area contributed by atoms with Gasteiger partial charge in [0.2, 0.25) is 5.12 Å². The second kappa shape index (κ2) is 8.24. The van der Waals surface area contributed by atoms with Crippen LogP contribution >= 0.6 is 11.8 Å². The predicted octanol–water partition coefficient (Wildman–Crippen LogP) is 2.22. The van der Waals surface area contributed by atoms with Crippen LogP contribution in [0.3, 0.4) is 0 Å². The second-order valence-electron chi connectivity index (χ2n) is 4.97. The molecular weight excluding hydrogens is 345 g/mol. The number of halogens is 1. The molecule has 122 valence electrons. The quantitative estimate of drug-likeness (QED) is 0.802. The molecule has 0 bridgehead atoms. The number of benzene rings is 1. The summed E-state index contributed by atoms with van der Waals surface area (Å²) in [4.78, 5) is 11.2. The Balaban J connectivity index is 1.88. The normalized spacial score (nSPS) is 21.8. The lowest BCUT2D eigenvalue weighted by Crippen LogP contribution is -2.46. The number of thioether (sulfide) groups is 1. The number of hydrogen-bond acceptors (Lipinski definition) is 5. The highest BCUT2D eigenvalue weighted by molar-refractivity contribution is 8.27. The third-order valence-corrected chi connectivity index (χ3v) is 4.69. The highest BCUT2D eigenvalue weighted by Crippen LogP contribution is 2.29. The van der Waals surface area contributed by atoms with Crippen molar-refractivity contribution < 1.29 is 18.7 Å². The Labute approximate surface area is 140 Å². The van der Waals surface area contributed by atoms with E-state index in [1.807, 2.05) is 6.26 Å². The van der Waals surface area contributed by atoms with E-state index in [2.05, 4.69) is 4.72 Å². The molecule has 0 spiro atoms. The molecule has 0 heterocycles. The van der Waals surface area contributed by atoms with Crippen molar-refractivity contribution in [2.45, 2.75) is 25.0 Å². The van der Waals surface area contributed by atoms with Gasteiger partial charge in [-0.25, -0.2) is 4.39 Å². The van der Waals surface area contributed by atoms with Crippen LogP contribution in [0.25, 0.3) is 0 Å². The maximum atomic E-state index is 13.6. The van der Waals surface area contributed by atoms with Crippen molar-refractivity contribution in [1.29, 1.82) is 0 Å². The van der Waals surface area contributed by atoms with Gasteiger partial charge in [0.25, 0.3) is 0 Å². The topological polar surface area (TPSA) is 47.6 Å². The van der Waals surface area contributed by atoms with Gasteiger partial charge in [0.05, 0.1) is 0 Å². The number of carbonyl (C=O) groups is 1. The molecule has 1 fully saturated rings. The Morgan fingerprint density at radius 2 is 2.14 bits per heavy atom. The minimum atomic E-state index is -0.446. The van der Waals surface area contributed by atoms with E-state index in [9.17, 15) is 9.18 Å². The number of hydrogen-bond donors (Lipinski definition) is 1. The van der Waals surface area contributed by atoms with Crippen molar-refractivity contribution in [3.8, 4) is 11.5 Å². The summed E-state index contributed by atoms with van der Waals surface area (Å²) in [5, 5.41) is -0.112. The molecule has 1 aromatic rings. The molecular formula is C14H18FNO3S3. The Hall–Kier alpha value is -0.700. The van der Waals surface area contributed by atoms with Crippen molar-refractivity contribution in [2.24, 2.45) is 0 Å². The first-order valence-electron chi connectivity index (χ1n) is 6.72. The van der Waals surface area contributed by atoms with E-state index in [0.717, 1.165) is 24.6 Å². The van der Waals surface area contributed by atoms with E-state index in [1.54, 1.807) is 12.3 Å². The number of rotatable bonds is 7. The van der Waals surface area contributed by atoms with E-state index < -0.39 is 5.82 Å². The van der Waals surface area contributed by atoms with Crippen LogP contribution in [0.5, 0.6) is 11.5 Å². The van der Waals surface area contributed by atoms with E-state index in [-0.39, 0.29) is 27.5 Å². The lowest BCUT2D eigenvalue weighted by molar-refractivity contribution is -0.112. The van der Waals surface area contributed by atoms with Crippen LogP contribution < -0.4 is 14.2 Å². The van der Waals surface area contributed by atoms with Gasteiger partial charge in [-0.05, 0) is 23.7 Å². The lowest BCUT2D eigenvalue weighted by Gasteiger charge is -2.35. The maximum Gasteiger partial charge on any atom is 0.226 e. The monoisotopic (exact) mass is 363 g/mol. The van der Waals surface area contributed by atoms with Gasteiger partial charge in [0.1, 0.15) is 23.4 Å². The first-order valence-corrected chi connectivity index (χ1v) is 10.5. The van der Waals surface area contributed by atoms with Gasteiger partial charge in [-0.1, -0.05) is 21.4 Å². The van der Waals surface area contributed by atoms with Crippen LogP contribution in [0.1, 0.15) is 12.8 Å². The lowest BCUT2D eigenvalue weighted by atomic mass is 9.90. The molecule has 4 nitrogen and oxygen atoms in total. The predicted molar refractivity (Wildman–Crippen MR) is 91.6 cm³/mol. The van der Waals surface area contributed by atoms with Crippen LogP contribution in [0.2, 0.25) is 0 Å². The van der Waals surface area contributed by atoms with E-state index in [4.69, 9.17) is 20.7 Å². The highest BCUT2D eigenvalue weighted by Gasteiger charge is 2.31. The molecule has 1 aliphatic rings. The summed E-state index contributed by atoms with van der Waals surface area (Å²) in [5.74, 6) is 0.273. The van der Waals surface area contributed by atoms with Gasteiger partial charge < -0.3 is 9.47 Å². The third kappa shape index (κ3) is 5.49. The van der Waals surface area contributed by atoms with Gasteiger partial charge in [-0.3, -0.25) is 9.52 Å². The van der Waals surface area contributed by atoms with E-state index >= 15 is 0 Å². The minimum absolute atomic E-state index is 0.0542. The maximum absolute atomic E-state index is 13.6. The van der Waals surface area contributed by atoms with Gasteiger partial charge in [0, 0.05) is 37.1 Å². The van der Waals surface area contributed by atoms with Crippen molar-refractivity contribution in [3.63, 3.8) is 0 Å². The molecule has 1 N–H and O–H groups in total. The molecule has 1 aromatic carbocycles. The third-order valence-electron chi connectivity index (χ3n) is 3.16. The summed E-state index contributed by atoms with van der Waals surface area (Å²) in [6.45, 7) is -0.0862. The zero-order valence-electron chi connectivity index (χ0n) is 12.3. The summed E-state index contributed by atoms with van der Waals surface area (Å²) < 4.78 is 27.9. The van der Waals surface area contributed by atoms with Crippen LogP contribution in [0, 0.1) is 5.82 Å². The molecule has 0 amide bonds. The Kier molecular flexibility index (Phi) is 6.61. The number of nitrogens with one attached hydrogen (secondary N) is 1. The summed E-state index contributed by atoms with van der Waals surface area (Å²) in [5.41, 5.74) is 0. The largest absolute Gasteiger partial charge is 0.490 e. The molecule has 0 saturated heterocycles. The van der Waals surface area contributed by atoms with E-state index in [0.29, 0.717) is 17.5 Å². The summed E-state index contributed by atoms with van der Waals surface area (Å²) in [6.07, 6.45) is 5.39. The molecule has 0 aromatic heterocycles. The van der Waals surface area contributed by atoms with Gasteiger partial charge in [-0.2, -0.15) is 0 Å². The fourth-order valence-electron chi connectivity index (χ4n) is 2.07. The SMILES string of the molecule is CSC(=O)COc1cc(F)cc(OC2CC(NS(C)=S)C2)c1. The Morgan fingerprint density at radius 3 is 2.77 bits per heavy atom. The summed E-state index contributed by atoms with van der Waals surface area (Å²) in [6, 6.07) is 4.54. The molecule has 22 heavy (non-hydrogen) atoms. The fourth-order valence-corrected chi connectivity index (χ4v) is 3.32. The number of carbonyl (C=O) groups excluding carboxylic acids is 1. The van der Waals surface area contributed by atoms with Gasteiger partial charge in [0.15, 0.2) is 6.61 Å². The van der Waals surface area contributed by atoms with Crippen LogP contribution in [-0.2, 0) is 25.6 Å². The highest BCUT2D eigenvalue weighted by atomic mass is 32.8. The van der Waals surface area contributed by atoms with Crippen molar-refractivity contribution in [3.05, 3.63) is 24.0 Å². The molecule has 2 rings (SSSR count). The summed E-state index contributed by atoms with van der Waals surface area (Å²) in [7, 11) is -0.207. The second-order valence-corrected chi connectivity index (χ2v) is 8.48. The molecule has 0 radical (unpaired) electrons. The first-order chi connectivity index (χ1) is 10.5. The average Bonchev–Trinajstić information content (AvgIpc) is 2.41. The molecule has 1 unspecified atom stereocenters. The van der Waals surface area contributed by atoms with Crippen LogP contribution in [0.15, 0.2) is 18.2 Å². The smallest absolute Gasteiger partial charge is 0.226 e. The van der Waals surface area contributed by atoms with E-state index in [1.165, 1.54) is 12.1 Å². The Morgan fingerprint density at radius 1 is 1.45 bits per heavy atom. The molecule has 8 heteroatoms.